The smallest absolute Gasteiger partial charge is 0.251 e. The third-order valence-electron chi connectivity index (χ3n) is 4.60. The second-order valence-electron chi connectivity index (χ2n) is 6.80. The van der Waals surface area contributed by atoms with Crippen molar-refractivity contribution in [3.63, 3.8) is 0 Å². The summed E-state index contributed by atoms with van der Waals surface area (Å²) in [6.07, 6.45) is 0. The highest BCUT2D eigenvalue weighted by atomic mass is 32.2. The lowest BCUT2D eigenvalue weighted by Gasteiger charge is -2.08. The van der Waals surface area contributed by atoms with Crippen LogP contribution in [0.5, 0.6) is 5.75 Å². The minimum absolute atomic E-state index is 0.123. The van der Waals surface area contributed by atoms with Crippen molar-refractivity contribution in [2.45, 2.75) is 31.3 Å². The van der Waals surface area contributed by atoms with E-state index in [9.17, 15) is 4.79 Å². The number of methoxy groups -OCH3 is 1. The van der Waals surface area contributed by atoms with Crippen LogP contribution in [-0.2, 0) is 17.1 Å². The van der Waals surface area contributed by atoms with Gasteiger partial charge in [0.05, 0.1) is 18.4 Å². The van der Waals surface area contributed by atoms with Crippen LogP contribution in [0.15, 0.2) is 58.1 Å². The van der Waals surface area contributed by atoms with E-state index in [-0.39, 0.29) is 5.91 Å². The first-order chi connectivity index (χ1) is 15.6. The van der Waals surface area contributed by atoms with Gasteiger partial charge in [-0.05, 0) is 31.2 Å². The zero-order valence-corrected chi connectivity index (χ0v) is 18.7. The van der Waals surface area contributed by atoms with Crippen LogP contribution in [0.1, 0.15) is 19.7 Å². The fraction of sp³-hybridized carbons (Fsp3) is 0.227. The number of hydrogen-bond donors (Lipinski definition) is 1. The lowest BCUT2D eigenvalue weighted by atomic mass is 10.2. The van der Waals surface area contributed by atoms with Gasteiger partial charge in [0.2, 0.25) is 11.8 Å². The summed E-state index contributed by atoms with van der Waals surface area (Å²) >= 11 is 1.47. The molecule has 0 fully saturated rings. The molecule has 0 aliphatic rings. The molecule has 0 saturated heterocycles. The minimum Gasteiger partial charge on any atom is -0.496 e. The van der Waals surface area contributed by atoms with Crippen LogP contribution in [-0.4, -0.2) is 38.0 Å². The standard InChI is InChI=1S/C22H22N6O3S/c1-4-28-20(15-8-7-9-16(12-15)23-14(2)29)25-27-22(28)32-13-19-24-26-21(31-19)17-10-5-6-11-18(17)30-3/h5-12H,4,13H2,1-3H3,(H,23,29). The summed E-state index contributed by atoms with van der Waals surface area (Å²) in [7, 11) is 1.60. The van der Waals surface area contributed by atoms with Crippen LogP contribution in [0.3, 0.4) is 0 Å². The quantitative estimate of drug-likeness (QED) is 0.397. The van der Waals surface area contributed by atoms with Crippen molar-refractivity contribution in [1.29, 1.82) is 0 Å². The molecule has 4 aromatic rings. The van der Waals surface area contributed by atoms with E-state index in [2.05, 4.69) is 25.7 Å². The Morgan fingerprint density at radius 3 is 2.75 bits per heavy atom. The van der Waals surface area contributed by atoms with Gasteiger partial charge in [0.1, 0.15) is 5.75 Å². The van der Waals surface area contributed by atoms with Crippen LogP contribution in [0.25, 0.3) is 22.8 Å². The monoisotopic (exact) mass is 450 g/mol. The van der Waals surface area contributed by atoms with E-state index < -0.39 is 0 Å². The Hall–Kier alpha value is -3.66. The fourth-order valence-corrected chi connectivity index (χ4v) is 4.04. The van der Waals surface area contributed by atoms with Gasteiger partial charge in [-0.3, -0.25) is 4.79 Å². The summed E-state index contributed by atoms with van der Waals surface area (Å²) in [6.45, 7) is 4.19. The van der Waals surface area contributed by atoms with E-state index >= 15 is 0 Å². The molecule has 2 heterocycles. The number of ether oxygens (including phenoxy) is 1. The van der Waals surface area contributed by atoms with Crippen LogP contribution < -0.4 is 10.1 Å². The van der Waals surface area contributed by atoms with E-state index in [1.165, 1.54) is 18.7 Å². The Morgan fingerprint density at radius 1 is 1.12 bits per heavy atom. The molecule has 2 aromatic carbocycles. The molecule has 9 nitrogen and oxygen atoms in total. The number of nitrogens with one attached hydrogen (secondary N) is 1. The zero-order chi connectivity index (χ0) is 22.5. The summed E-state index contributed by atoms with van der Waals surface area (Å²) in [5.41, 5.74) is 2.33. The van der Waals surface area contributed by atoms with Crippen molar-refractivity contribution in [3.05, 3.63) is 54.4 Å². The topological polar surface area (TPSA) is 108 Å². The molecule has 0 atom stereocenters. The van der Waals surface area contributed by atoms with E-state index in [0.717, 1.165) is 22.1 Å². The molecule has 0 saturated carbocycles. The molecule has 1 amide bonds. The molecule has 164 valence electrons. The molecule has 0 bridgehead atoms. The maximum atomic E-state index is 11.4. The number of para-hydroxylation sites is 1. The molecule has 2 aromatic heterocycles. The second kappa shape index (κ2) is 9.65. The molecule has 0 radical (unpaired) electrons. The molecule has 1 N–H and O–H groups in total. The number of carbonyl (C=O) groups is 1. The molecule has 0 aliphatic carbocycles. The molecular formula is C22H22N6O3S. The van der Waals surface area contributed by atoms with Crippen LogP contribution in [0.2, 0.25) is 0 Å². The summed E-state index contributed by atoms with van der Waals surface area (Å²) in [6, 6.07) is 15.0. The van der Waals surface area contributed by atoms with Crippen molar-refractivity contribution in [3.8, 4) is 28.6 Å². The Balaban J connectivity index is 1.51. The first-order valence-electron chi connectivity index (χ1n) is 9.98. The molecule has 0 aliphatic heterocycles. The van der Waals surface area contributed by atoms with Gasteiger partial charge in [-0.2, -0.15) is 0 Å². The van der Waals surface area contributed by atoms with Crippen molar-refractivity contribution in [2.24, 2.45) is 0 Å². The van der Waals surface area contributed by atoms with E-state index in [1.807, 2.05) is 60.0 Å². The first kappa shape index (κ1) is 21.6. The normalized spacial score (nSPS) is 10.8. The predicted molar refractivity (Wildman–Crippen MR) is 121 cm³/mol. The highest BCUT2D eigenvalue weighted by molar-refractivity contribution is 7.98. The second-order valence-corrected chi connectivity index (χ2v) is 7.74. The number of thioether (sulfide) groups is 1. The summed E-state index contributed by atoms with van der Waals surface area (Å²) in [5, 5.41) is 20.5. The average Bonchev–Trinajstić information content (AvgIpc) is 3.44. The number of hydrogen-bond acceptors (Lipinski definition) is 8. The van der Waals surface area contributed by atoms with Crippen LogP contribution in [0, 0.1) is 0 Å². The van der Waals surface area contributed by atoms with Gasteiger partial charge in [-0.25, -0.2) is 0 Å². The van der Waals surface area contributed by atoms with E-state index in [0.29, 0.717) is 35.5 Å². The SMILES string of the molecule is CCn1c(SCc2nnc(-c3ccccc3OC)o2)nnc1-c1cccc(NC(C)=O)c1. The molecular weight excluding hydrogens is 428 g/mol. The molecule has 10 heteroatoms. The summed E-state index contributed by atoms with van der Waals surface area (Å²) < 4.78 is 13.2. The molecule has 0 spiro atoms. The predicted octanol–water partition coefficient (Wildman–Crippen LogP) is 4.27. The number of benzene rings is 2. The number of carbonyl (C=O) groups excluding carboxylic acids is 1. The highest BCUT2D eigenvalue weighted by Gasteiger charge is 2.17. The van der Waals surface area contributed by atoms with E-state index in [1.54, 1.807) is 7.11 Å². The van der Waals surface area contributed by atoms with E-state index in [4.69, 9.17) is 9.15 Å². The van der Waals surface area contributed by atoms with Crippen molar-refractivity contribution in [2.75, 3.05) is 12.4 Å². The van der Waals surface area contributed by atoms with Gasteiger partial charge in [0, 0.05) is 24.7 Å². The van der Waals surface area contributed by atoms with Crippen molar-refractivity contribution in [1.82, 2.24) is 25.0 Å². The van der Waals surface area contributed by atoms with Gasteiger partial charge in [-0.1, -0.05) is 36.0 Å². The average molecular weight is 451 g/mol. The lowest BCUT2D eigenvalue weighted by Crippen LogP contribution is -2.06. The van der Waals surface area contributed by atoms with Crippen molar-refractivity contribution < 1.29 is 13.9 Å². The highest BCUT2D eigenvalue weighted by Crippen LogP contribution is 2.31. The van der Waals surface area contributed by atoms with Gasteiger partial charge in [0.25, 0.3) is 5.89 Å². The first-order valence-corrected chi connectivity index (χ1v) is 11.0. The largest absolute Gasteiger partial charge is 0.496 e. The number of anilines is 1. The molecule has 4 rings (SSSR count). The maximum absolute atomic E-state index is 11.4. The number of amides is 1. The number of aromatic nitrogens is 5. The molecule has 0 unspecified atom stereocenters. The Labute approximate surface area is 189 Å². The maximum Gasteiger partial charge on any atom is 0.251 e. The van der Waals surface area contributed by atoms with Gasteiger partial charge < -0.3 is 19.0 Å². The number of rotatable bonds is 8. The van der Waals surface area contributed by atoms with Gasteiger partial charge >= 0.3 is 0 Å². The lowest BCUT2D eigenvalue weighted by molar-refractivity contribution is -0.114. The fourth-order valence-electron chi connectivity index (χ4n) is 3.20. The van der Waals surface area contributed by atoms with Gasteiger partial charge in [0.15, 0.2) is 11.0 Å². The van der Waals surface area contributed by atoms with Crippen molar-refractivity contribution >= 4 is 23.4 Å². The summed E-state index contributed by atoms with van der Waals surface area (Å²) in [5.74, 6) is 2.62. The minimum atomic E-state index is -0.123. The van der Waals surface area contributed by atoms with Gasteiger partial charge in [-0.15, -0.1) is 20.4 Å². The van der Waals surface area contributed by atoms with Crippen LogP contribution in [0.4, 0.5) is 5.69 Å². The summed E-state index contributed by atoms with van der Waals surface area (Å²) in [4.78, 5) is 11.4. The Bertz CT molecular complexity index is 1240. The molecule has 32 heavy (non-hydrogen) atoms. The van der Waals surface area contributed by atoms with Crippen LogP contribution >= 0.6 is 11.8 Å². The Kier molecular flexibility index (Phi) is 6.50. The third-order valence-corrected chi connectivity index (χ3v) is 5.55. The third kappa shape index (κ3) is 4.65. The zero-order valence-electron chi connectivity index (χ0n) is 17.9. The Morgan fingerprint density at radius 2 is 1.97 bits per heavy atom. The number of nitrogens with zero attached hydrogens (tertiary/aromatic N) is 5.